The number of anilines is 2. The Morgan fingerprint density at radius 2 is 2.03 bits per heavy atom. The maximum atomic E-state index is 13.5. The number of aromatic nitrogens is 2. The van der Waals surface area contributed by atoms with Gasteiger partial charge in [0.1, 0.15) is 18.0 Å². The Labute approximate surface area is 213 Å². The highest BCUT2D eigenvalue weighted by Gasteiger charge is 2.42. The number of likely N-dealkylation sites (tertiary alicyclic amines) is 1. The van der Waals surface area contributed by atoms with Crippen LogP contribution in [-0.4, -0.2) is 60.8 Å². The Balaban J connectivity index is 1.20. The van der Waals surface area contributed by atoms with Crippen LogP contribution in [0.5, 0.6) is 11.5 Å². The van der Waals surface area contributed by atoms with Gasteiger partial charge >= 0.3 is 5.97 Å². The smallest absolute Gasteiger partial charge is 0.306 e. The van der Waals surface area contributed by atoms with Crippen molar-refractivity contribution in [3.8, 4) is 11.5 Å². The summed E-state index contributed by atoms with van der Waals surface area (Å²) in [5.41, 5.74) is 1.35. The Morgan fingerprint density at radius 1 is 1.19 bits per heavy atom. The minimum absolute atomic E-state index is 0.0262. The molecule has 2 aliphatic heterocycles. The third-order valence-electron chi connectivity index (χ3n) is 6.95. The molecule has 0 atom stereocenters. The largest absolute Gasteiger partial charge is 0.493 e. The fourth-order valence-corrected chi connectivity index (χ4v) is 5.01. The number of carbonyl (C=O) groups is 1. The lowest BCUT2D eigenvalue weighted by atomic mass is 9.78. The van der Waals surface area contributed by atoms with Crippen LogP contribution in [0.4, 0.5) is 15.9 Å². The molecular formula is C26H28ClFN4O4. The van der Waals surface area contributed by atoms with Crippen molar-refractivity contribution in [3.63, 3.8) is 0 Å². The van der Waals surface area contributed by atoms with Crippen molar-refractivity contribution in [2.45, 2.75) is 25.7 Å². The first-order valence-electron chi connectivity index (χ1n) is 12.0. The van der Waals surface area contributed by atoms with Gasteiger partial charge < -0.3 is 24.4 Å². The van der Waals surface area contributed by atoms with Crippen LogP contribution in [-0.2, 0) is 9.53 Å². The zero-order valence-electron chi connectivity index (χ0n) is 20.1. The van der Waals surface area contributed by atoms with Crippen molar-refractivity contribution < 1.29 is 23.4 Å². The number of fused-ring (bicyclic) bond motifs is 1. The minimum Gasteiger partial charge on any atom is -0.493 e. The van der Waals surface area contributed by atoms with Gasteiger partial charge in [-0.2, -0.15) is 0 Å². The fourth-order valence-electron chi connectivity index (χ4n) is 4.83. The van der Waals surface area contributed by atoms with E-state index in [2.05, 4.69) is 20.2 Å². The van der Waals surface area contributed by atoms with Crippen molar-refractivity contribution in [1.29, 1.82) is 0 Å². The average molecular weight is 515 g/mol. The first-order chi connectivity index (χ1) is 17.4. The van der Waals surface area contributed by atoms with E-state index in [1.165, 1.54) is 18.5 Å². The summed E-state index contributed by atoms with van der Waals surface area (Å²) in [7, 11) is 1.59. The van der Waals surface area contributed by atoms with Crippen LogP contribution in [0.25, 0.3) is 10.9 Å². The Morgan fingerprint density at radius 3 is 2.75 bits per heavy atom. The van der Waals surface area contributed by atoms with E-state index in [-0.39, 0.29) is 16.4 Å². The molecule has 0 unspecified atom stereocenters. The molecule has 2 aliphatic rings. The second kappa shape index (κ2) is 10.4. The second-order valence-corrected chi connectivity index (χ2v) is 9.78. The van der Waals surface area contributed by atoms with Crippen molar-refractivity contribution in [2.24, 2.45) is 5.41 Å². The minimum atomic E-state index is -0.484. The molecule has 3 heterocycles. The van der Waals surface area contributed by atoms with Gasteiger partial charge in [0.25, 0.3) is 0 Å². The van der Waals surface area contributed by atoms with E-state index in [1.807, 2.05) is 12.1 Å². The van der Waals surface area contributed by atoms with Crippen LogP contribution in [0, 0.1) is 11.2 Å². The molecule has 0 bridgehead atoms. The number of nitrogens with one attached hydrogen (secondary N) is 1. The molecule has 8 nitrogen and oxygen atoms in total. The highest BCUT2D eigenvalue weighted by atomic mass is 35.5. The summed E-state index contributed by atoms with van der Waals surface area (Å²) >= 11 is 5.91. The number of ether oxygens (including phenoxy) is 3. The number of halogens is 2. The highest BCUT2D eigenvalue weighted by Crippen LogP contribution is 2.40. The molecule has 0 saturated carbocycles. The number of piperidine rings is 1. The van der Waals surface area contributed by atoms with E-state index in [9.17, 15) is 9.18 Å². The van der Waals surface area contributed by atoms with Crippen LogP contribution in [0.3, 0.4) is 0 Å². The lowest BCUT2D eigenvalue weighted by Crippen LogP contribution is -2.41. The number of carbonyl (C=O) groups excluding carboxylic acids is 1. The molecule has 1 spiro atoms. The van der Waals surface area contributed by atoms with Gasteiger partial charge in [-0.3, -0.25) is 4.79 Å². The summed E-state index contributed by atoms with van der Waals surface area (Å²) in [5, 5.41) is 3.93. The quantitative estimate of drug-likeness (QED) is 0.333. The molecule has 1 N–H and O–H groups in total. The van der Waals surface area contributed by atoms with Crippen LogP contribution in [0.2, 0.25) is 5.02 Å². The molecule has 36 heavy (non-hydrogen) atoms. The van der Waals surface area contributed by atoms with Gasteiger partial charge in [-0.15, -0.1) is 0 Å². The monoisotopic (exact) mass is 514 g/mol. The van der Waals surface area contributed by atoms with Crippen molar-refractivity contribution in [1.82, 2.24) is 14.9 Å². The maximum absolute atomic E-state index is 13.5. The van der Waals surface area contributed by atoms with E-state index in [4.69, 9.17) is 25.8 Å². The van der Waals surface area contributed by atoms with Crippen molar-refractivity contribution in [2.75, 3.05) is 45.3 Å². The van der Waals surface area contributed by atoms with Gasteiger partial charge in [0.15, 0.2) is 11.5 Å². The predicted octanol–water partition coefficient (Wildman–Crippen LogP) is 4.97. The van der Waals surface area contributed by atoms with E-state index in [0.717, 1.165) is 44.3 Å². The van der Waals surface area contributed by atoms with E-state index in [1.54, 1.807) is 13.2 Å². The third-order valence-corrected chi connectivity index (χ3v) is 7.24. The van der Waals surface area contributed by atoms with Gasteiger partial charge in [-0.05, 0) is 56.6 Å². The number of methoxy groups -OCH3 is 1. The molecular weight excluding hydrogens is 487 g/mol. The summed E-state index contributed by atoms with van der Waals surface area (Å²) in [6.07, 6.45) is 4.88. The number of hydrogen-bond donors (Lipinski definition) is 1. The second-order valence-electron chi connectivity index (χ2n) is 9.38. The highest BCUT2D eigenvalue weighted by molar-refractivity contribution is 6.31. The van der Waals surface area contributed by atoms with Gasteiger partial charge in [-0.25, -0.2) is 14.4 Å². The Hall–Kier alpha value is -3.17. The first-order valence-corrected chi connectivity index (χ1v) is 12.4. The summed E-state index contributed by atoms with van der Waals surface area (Å²) in [5.74, 6) is 1.18. The van der Waals surface area contributed by atoms with E-state index in [0.29, 0.717) is 48.2 Å². The average Bonchev–Trinajstić information content (AvgIpc) is 3.24. The SMILES string of the molecule is COc1cc2c(Nc3ccc(F)c(Cl)c3)ncnc2cc1OCCCN1CCC2(CC1)COC(=O)C2. The number of cyclic esters (lactones) is 1. The van der Waals surface area contributed by atoms with E-state index >= 15 is 0 Å². The molecule has 1 aromatic heterocycles. The van der Waals surface area contributed by atoms with Crippen molar-refractivity contribution in [3.05, 3.63) is 47.5 Å². The number of nitrogens with zero attached hydrogens (tertiary/aromatic N) is 3. The molecule has 0 radical (unpaired) electrons. The standard InChI is InChI=1S/C26H28ClFN4O4/c1-34-22-12-18-21(29-16-30-25(18)31-17-3-4-20(28)19(27)11-17)13-23(22)35-10-2-7-32-8-5-26(6-9-32)14-24(33)36-15-26/h3-4,11-13,16H,2,5-10,14-15H2,1H3,(H,29,30,31). The number of esters is 1. The molecule has 2 fully saturated rings. The van der Waals surface area contributed by atoms with Gasteiger partial charge in [0.2, 0.25) is 0 Å². The van der Waals surface area contributed by atoms with Gasteiger partial charge in [0.05, 0.1) is 37.3 Å². The van der Waals surface area contributed by atoms with Gasteiger partial charge in [-0.1, -0.05) is 11.6 Å². The van der Waals surface area contributed by atoms with Crippen LogP contribution in [0.1, 0.15) is 25.7 Å². The van der Waals surface area contributed by atoms with Crippen LogP contribution < -0.4 is 14.8 Å². The van der Waals surface area contributed by atoms with E-state index < -0.39 is 5.82 Å². The summed E-state index contributed by atoms with van der Waals surface area (Å²) in [6, 6.07) is 8.05. The number of benzene rings is 2. The Bertz CT molecular complexity index is 1270. The zero-order valence-corrected chi connectivity index (χ0v) is 20.8. The molecule has 0 amide bonds. The van der Waals surface area contributed by atoms with Crippen molar-refractivity contribution >= 4 is 40.0 Å². The normalized spacial score (nSPS) is 17.4. The topological polar surface area (TPSA) is 85.8 Å². The maximum Gasteiger partial charge on any atom is 0.306 e. The number of rotatable bonds is 8. The predicted molar refractivity (Wildman–Crippen MR) is 135 cm³/mol. The summed E-state index contributed by atoms with van der Waals surface area (Å²) in [6.45, 7) is 3.99. The molecule has 5 rings (SSSR count). The summed E-state index contributed by atoms with van der Waals surface area (Å²) in [4.78, 5) is 22.6. The first kappa shape index (κ1) is 24.5. The van der Waals surface area contributed by atoms with Crippen LogP contribution in [0.15, 0.2) is 36.7 Å². The molecule has 3 aromatic rings. The number of hydrogen-bond acceptors (Lipinski definition) is 8. The molecule has 10 heteroatoms. The molecule has 190 valence electrons. The Kier molecular flexibility index (Phi) is 7.11. The fraction of sp³-hybridized carbons (Fsp3) is 0.423. The van der Waals surface area contributed by atoms with Crippen LogP contribution >= 0.6 is 11.6 Å². The molecule has 2 saturated heterocycles. The summed E-state index contributed by atoms with van der Waals surface area (Å²) < 4.78 is 30.4. The zero-order chi connectivity index (χ0) is 25.1. The third kappa shape index (κ3) is 5.32. The lowest BCUT2D eigenvalue weighted by molar-refractivity contribution is -0.137. The van der Waals surface area contributed by atoms with Gasteiger partial charge in [0, 0.05) is 29.1 Å². The molecule has 2 aromatic carbocycles. The molecule has 0 aliphatic carbocycles. The lowest BCUT2D eigenvalue weighted by Gasteiger charge is -2.37.